The van der Waals surface area contributed by atoms with Crippen LogP contribution in [0.1, 0.15) is 6.92 Å². The number of aliphatic imine (C=N–C) groups is 1. The van der Waals surface area contributed by atoms with Gasteiger partial charge in [-0.3, -0.25) is 4.99 Å². The van der Waals surface area contributed by atoms with E-state index in [-0.39, 0.29) is 11.6 Å². The van der Waals surface area contributed by atoms with E-state index in [1.54, 1.807) is 26.1 Å². The van der Waals surface area contributed by atoms with Crippen molar-refractivity contribution >= 4 is 21.7 Å². The summed E-state index contributed by atoms with van der Waals surface area (Å²) in [6.45, 7) is 5.20. The zero-order valence-electron chi connectivity index (χ0n) is 14.7. The number of hydrogen-bond acceptors (Lipinski definition) is 4. The van der Waals surface area contributed by atoms with E-state index in [9.17, 15) is 12.8 Å². The van der Waals surface area contributed by atoms with E-state index in [1.165, 1.54) is 6.07 Å². The Bertz CT molecular complexity index is 688. The molecular weight excluding hydrogens is 345 g/mol. The molecule has 0 aliphatic carbocycles. The van der Waals surface area contributed by atoms with E-state index in [0.717, 1.165) is 5.96 Å². The first-order chi connectivity index (χ1) is 12.0. The molecule has 0 bridgehead atoms. The van der Waals surface area contributed by atoms with Crippen molar-refractivity contribution in [2.45, 2.75) is 6.92 Å². The molecule has 1 saturated heterocycles. The Morgan fingerprint density at radius 3 is 2.48 bits per heavy atom. The molecule has 0 aromatic heterocycles. The van der Waals surface area contributed by atoms with Crippen molar-refractivity contribution in [3.63, 3.8) is 0 Å². The van der Waals surface area contributed by atoms with Crippen LogP contribution in [-0.4, -0.2) is 71.3 Å². The molecule has 0 spiro atoms. The Balaban J connectivity index is 1.81. The van der Waals surface area contributed by atoms with Crippen LogP contribution in [0, 0.1) is 5.82 Å². The second-order valence-electron chi connectivity index (χ2n) is 5.70. The maximum absolute atomic E-state index is 13.9. The van der Waals surface area contributed by atoms with Crippen molar-refractivity contribution < 1.29 is 12.8 Å². The van der Waals surface area contributed by atoms with E-state index in [4.69, 9.17) is 0 Å². The molecule has 1 aliphatic rings. The Labute approximate surface area is 149 Å². The number of benzene rings is 1. The Morgan fingerprint density at radius 1 is 1.20 bits per heavy atom. The van der Waals surface area contributed by atoms with Gasteiger partial charge in [0, 0.05) is 46.3 Å². The number of halogens is 1. The fraction of sp³-hybridized carbons (Fsp3) is 0.562. The molecule has 1 aromatic carbocycles. The Kier molecular flexibility index (Phi) is 7.01. The van der Waals surface area contributed by atoms with Crippen LogP contribution in [0.2, 0.25) is 0 Å². The lowest BCUT2D eigenvalue weighted by atomic mass is 10.2. The third kappa shape index (κ3) is 5.57. The van der Waals surface area contributed by atoms with Crippen LogP contribution >= 0.6 is 0 Å². The average molecular weight is 371 g/mol. The quantitative estimate of drug-likeness (QED) is 0.432. The largest absolute Gasteiger partial charge is 0.366 e. The summed E-state index contributed by atoms with van der Waals surface area (Å²) in [5.41, 5.74) is 0.624. The van der Waals surface area contributed by atoms with Gasteiger partial charge in [0.2, 0.25) is 10.0 Å². The summed E-state index contributed by atoms with van der Waals surface area (Å²) in [7, 11) is -1.48. The van der Waals surface area contributed by atoms with Gasteiger partial charge in [0.1, 0.15) is 5.82 Å². The summed E-state index contributed by atoms with van der Waals surface area (Å²) >= 11 is 0. The van der Waals surface area contributed by atoms with Gasteiger partial charge in [-0.25, -0.2) is 17.5 Å². The van der Waals surface area contributed by atoms with Gasteiger partial charge in [0.05, 0.1) is 11.4 Å². The van der Waals surface area contributed by atoms with Gasteiger partial charge in [0.15, 0.2) is 5.96 Å². The molecule has 25 heavy (non-hydrogen) atoms. The lowest BCUT2D eigenvalue weighted by Gasteiger charge is -2.37. The molecule has 0 radical (unpaired) electrons. The van der Waals surface area contributed by atoms with Crippen molar-refractivity contribution in [3.05, 3.63) is 30.1 Å². The van der Waals surface area contributed by atoms with E-state index < -0.39 is 10.0 Å². The van der Waals surface area contributed by atoms with Crippen LogP contribution in [0.15, 0.2) is 29.3 Å². The van der Waals surface area contributed by atoms with E-state index >= 15 is 0 Å². The lowest BCUT2D eigenvalue weighted by Crippen LogP contribution is -2.53. The Morgan fingerprint density at radius 2 is 1.88 bits per heavy atom. The minimum absolute atomic E-state index is 0.0692. The first-order valence-electron chi connectivity index (χ1n) is 8.39. The molecule has 9 heteroatoms. The van der Waals surface area contributed by atoms with Crippen molar-refractivity contribution in [2.75, 3.05) is 57.0 Å². The van der Waals surface area contributed by atoms with Crippen molar-refractivity contribution in [1.29, 1.82) is 0 Å². The third-order valence-corrected chi connectivity index (χ3v) is 5.50. The molecule has 0 atom stereocenters. The van der Waals surface area contributed by atoms with Crippen LogP contribution in [0.25, 0.3) is 0 Å². The number of piperazine rings is 1. The van der Waals surface area contributed by atoms with Gasteiger partial charge >= 0.3 is 0 Å². The summed E-state index contributed by atoms with van der Waals surface area (Å²) in [5.74, 6) is 0.588. The summed E-state index contributed by atoms with van der Waals surface area (Å²) in [4.78, 5) is 8.35. The zero-order valence-corrected chi connectivity index (χ0v) is 15.5. The second-order valence-corrected chi connectivity index (χ2v) is 7.79. The zero-order chi connectivity index (χ0) is 18.3. The van der Waals surface area contributed by atoms with E-state index in [0.29, 0.717) is 45.0 Å². The molecule has 0 amide bonds. The molecule has 140 valence electrons. The number of nitrogens with one attached hydrogen (secondary N) is 2. The molecule has 1 aliphatic heterocycles. The number of para-hydroxylation sites is 1. The predicted octanol–water partition coefficient (Wildman–Crippen LogP) is 0.462. The van der Waals surface area contributed by atoms with Crippen LogP contribution < -0.4 is 14.9 Å². The smallest absolute Gasteiger partial charge is 0.211 e. The van der Waals surface area contributed by atoms with E-state index in [2.05, 4.69) is 19.9 Å². The summed E-state index contributed by atoms with van der Waals surface area (Å²) in [6.07, 6.45) is 0. The molecule has 2 N–H and O–H groups in total. The fourth-order valence-electron chi connectivity index (χ4n) is 2.68. The van der Waals surface area contributed by atoms with E-state index in [1.807, 2.05) is 11.0 Å². The number of guanidine groups is 1. The third-order valence-electron chi connectivity index (χ3n) is 4.09. The van der Waals surface area contributed by atoms with Crippen LogP contribution in [0.4, 0.5) is 10.1 Å². The van der Waals surface area contributed by atoms with Gasteiger partial charge in [-0.05, 0) is 19.1 Å². The molecule has 2 rings (SSSR count). The summed E-state index contributed by atoms with van der Waals surface area (Å²) in [6, 6.07) is 6.79. The minimum Gasteiger partial charge on any atom is -0.366 e. The number of anilines is 1. The standard InChI is InChI=1S/C16H26FN5O2S/c1-3-25(23,24)20-9-8-19-16(18-2)22-12-10-21(11-13-22)15-7-5-4-6-14(15)17/h4-7,20H,3,8-13H2,1-2H3,(H,18,19). The SMILES string of the molecule is CCS(=O)(=O)NCCNC(=NC)N1CCN(c2ccccc2F)CC1. The molecule has 1 fully saturated rings. The lowest BCUT2D eigenvalue weighted by molar-refractivity contribution is 0.371. The molecule has 1 aromatic rings. The maximum atomic E-state index is 13.9. The van der Waals surface area contributed by atoms with Crippen molar-refractivity contribution in [2.24, 2.45) is 4.99 Å². The normalized spacial score (nSPS) is 16.2. The first-order valence-corrected chi connectivity index (χ1v) is 10.0. The number of hydrogen-bond donors (Lipinski definition) is 2. The minimum atomic E-state index is -3.18. The van der Waals surface area contributed by atoms with Gasteiger partial charge in [0.25, 0.3) is 0 Å². The summed E-state index contributed by atoms with van der Waals surface area (Å²) < 4.78 is 39.2. The Hall–Kier alpha value is -1.87. The average Bonchev–Trinajstić information content (AvgIpc) is 2.62. The van der Waals surface area contributed by atoms with Gasteiger partial charge in [-0.15, -0.1) is 0 Å². The summed E-state index contributed by atoms with van der Waals surface area (Å²) in [5, 5.41) is 3.16. The fourth-order valence-corrected chi connectivity index (χ4v) is 3.30. The van der Waals surface area contributed by atoms with Gasteiger partial charge < -0.3 is 15.1 Å². The first kappa shape index (κ1) is 19.5. The number of rotatable bonds is 6. The molecule has 7 nitrogen and oxygen atoms in total. The predicted molar refractivity (Wildman–Crippen MR) is 99.0 cm³/mol. The van der Waals surface area contributed by atoms with Crippen LogP contribution in [-0.2, 0) is 10.0 Å². The van der Waals surface area contributed by atoms with Crippen LogP contribution in [0.5, 0.6) is 0 Å². The van der Waals surface area contributed by atoms with Crippen LogP contribution in [0.3, 0.4) is 0 Å². The van der Waals surface area contributed by atoms with Gasteiger partial charge in [-0.1, -0.05) is 12.1 Å². The van der Waals surface area contributed by atoms with Crippen molar-refractivity contribution in [3.8, 4) is 0 Å². The maximum Gasteiger partial charge on any atom is 0.211 e. The monoisotopic (exact) mass is 371 g/mol. The molecule has 0 saturated carbocycles. The van der Waals surface area contributed by atoms with Crippen molar-refractivity contribution in [1.82, 2.24) is 14.9 Å². The highest BCUT2D eigenvalue weighted by Crippen LogP contribution is 2.20. The molecule has 0 unspecified atom stereocenters. The molecular formula is C16H26FN5O2S. The number of sulfonamides is 1. The topological polar surface area (TPSA) is 77.0 Å². The highest BCUT2D eigenvalue weighted by molar-refractivity contribution is 7.89. The second kappa shape index (κ2) is 9.00. The highest BCUT2D eigenvalue weighted by atomic mass is 32.2. The number of nitrogens with zero attached hydrogens (tertiary/aromatic N) is 3. The van der Waals surface area contributed by atoms with Gasteiger partial charge in [-0.2, -0.15) is 0 Å². The molecule has 1 heterocycles. The highest BCUT2D eigenvalue weighted by Gasteiger charge is 2.21.